The molecule has 0 amide bonds. The maximum Gasteiger partial charge on any atom is 0.193 e. The molecular formula is C14H14N4S2. The summed E-state index contributed by atoms with van der Waals surface area (Å²) in [5.74, 6) is 0. The number of aromatic nitrogens is 2. The number of thiocarbonyl (C=S) groups is 1. The van der Waals surface area contributed by atoms with Gasteiger partial charge in [-0.25, -0.2) is 4.98 Å². The third-order valence-electron chi connectivity index (χ3n) is 3.11. The molecule has 1 aromatic carbocycles. The topological polar surface area (TPSA) is 46.6 Å². The molecule has 3 rings (SSSR count). The van der Waals surface area contributed by atoms with E-state index < -0.39 is 0 Å². The summed E-state index contributed by atoms with van der Waals surface area (Å²) in [5.41, 5.74) is 8.67. The number of nitrogens with two attached hydrogens (primary N) is 1. The van der Waals surface area contributed by atoms with Crippen molar-refractivity contribution in [3.8, 4) is 0 Å². The molecule has 0 fully saturated rings. The number of thiazole rings is 1. The first-order valence-electron chi connectivity index (χ1n) is 6.15. The Morgan fingerprint density at radius 1 is 1.50 bits per heavy atom. The first-order chi connectivity index (χ1) is 9.63. The average molecular weight is 302 g/mol. The van der Waals surface area contributed by atoms with Gasteiger partial charge >= 0.3 is 0 Å². The average Bonchev–Trinajstić information content (AvgIpc) is 2.99. The van der Waals surface area contributed by atoms with Crippen molar-refractivity contribution in [3.05, 3.63) is 53.3 Å². The summed E-state index contributed by atoms with van der Waals surface area (Å²) in [4.78, 5) is 8.16. The molecule has 2 N–H and O–H groups in total. The molecule has 0 saturated heterocycles. The summed E-state index contributed by atoms with van der Waals surface area (Å²) >= 11 is 6.65. The Labute approximate surface area is 126 Å². The van der Waals surface area contributed by atoms with Crippen molar-refractivity contribution < 1.29 is 0 Å². The molecule has 4 nitrogen and oxygen atoms in total. The highest BCUT2D eigenvalue weighted by molar-refractivity contribution is 7.80. The van der Waals surface area contributed by atoms with E-state index in [1.807, 2.05) is 47.3 Å². The second-order valence-electron chi connectivity index (χ2n) is 4.60. The third-order valence-corrected chi connectivity index (χ3v) is 4.12. The fourth-order valence-corrected chi connectivity index (χ4v) is 2.93. The van der Waals surface area contributed by atoms with Crippen LogP contribution in [-0.4, -0.2) is 21.4 Å². The zero-order valence-electron chi connectivity index (χ0n) is 11.0. The molecule has 0 aliphatic carbocycles. The minimum Gasteiger partial charge on any atom is -0.389 e. The molecule has 0 atom stereocenters. The standard InChI is InChI=1S/C14H14N4S2/c1-17(12-4-2-3-10(7-12)13(15)19)8-11-9-18-5-6-20-14(18)16-11/h2-7,9H,8H2,1H3,(H2,15,19). The number of hydrogen-bond acceptors (Lipinski definition) is 4. The highest BCUT2D eigenvalue weighted by Crippen LogP contribution is 2.18. The molecular weight excluding hydrogens is 288 g/mol. The van der Waals surface area contributed by atoms with E-state index in [2.05, 4.69) is 16.1 Å². The van der Waals surface area contributed by atoms with Crippen LogP contribution >= 0.6 is 23.6 Å². The minimum absolute atomic E-state index is 0.419. The van der Waals surface area contributed by atoms with E-state index in [9.17, 15) is 0 Å². The zero-order chi connectivity index (χ0) is 14.1. The number of hydrogen-bond donors (Lipinski definition) is 1. The van der Waals surface area contributed by atoms with Crippen molar-refractivity contribution in [2.45, 2.75) is 6.54 Å². The maximum absolute atomic E-state index is 5.67. The van der Waals surface area contributed by atoms with E-state index in [1.54, 1.807) is 11.3 Å². The van der Waals surface area contributed by atoms with E-state index in [0.717, 1.165) is 28.5 Å². The number of rotatable bonds is 4. The van der Waals surface area contributed by atoms with E-state index >= 15 is 0 Å². The monoisotopic (exact) mass is 302 g/mol. The summed E-state index contributed by atoms with van der Waals surface area (Å²) in [5, 5.41) is 2.03. The van der Waals surface area contributed by atoms with Gasteiger partial charge in [0.25, 0.3) is 0 Å². The Morgan fingerprint density at radius 2 is 2.35 bits per heavy atom. The summed E-state index contributed by atoms with van der Waals surface area (Å²) in [6.45, 7) is 0.745. The van der Waals surface area contributed by atoms with Crippen LogP contribution in [-0.2, 0) is 6.54 Å². The van der Waals surface area contributed by atoms with Crippen molar-refractivity contribution in [3.63, 3.8) is 0 Å². The predicted molar refractivity (Wildman–Crippen MR) is 87.5 cm³/mol. The van der Waals surface area contributed by atoms with E-state index in [1.165, 1.54) is 0 Å². The molecule has 0 unspecified atom stereocenters. The van der Waals surface area contributed by atoms with Gasteiger partial charge in [0.05, 0.1) is 12.2 Å². The van der Waals surface area contributed by atoms with Gasteiger partial charge in [-0.15, -0.1) is 11.3 Å². The normalized spacial score (nSPS) is 10.8. The molecule has 0 aliphatic heterocycles. The summed E-state index contributed by atoms with van der Waals surface area (Å²) in [6.07, 6.45) is 4.07. The van der Waals surface area contributed by atoms with Crippen LogP contribution in [0.25, 0.3) is 4.96 Å². The van der Waals surface area contributed by atoms with Crippen LogP contribution in [0.3, 0.4) is 0 Å². The van der Waals surface area contributed by atoms with Crippen LogP contribution in [0.5, 0.6) is 0 Å². The molecule has 0 radical (unpaired) electrons. The second-order valence-corrected chi connectivity index (χ2v) is 5.91. The summed E-state index contributed by atoms with van der Waals surface area (Å²) in [6, 6.07) is 7.93. The van der Waals surface area contributed by atoms with Crippen molar-refractivity contribution in [1.29, 1.82) is 0 Å². The molecule has 2 aromatic heterocycles. The summed E-state index contributed by atoms with van der Waals surface area (Å²) in [7, 11) is 2.03. The van der Waals surface area contributed by atoms with Gasteiger partial charge < -0.3 is 10.6 Å². The maximum atomic E-state index is 5.67. The van der Waals surface area contributed by atoms with Crippen molar-refractivity contribution >= 4 is 39.2 Å². The highest BCUT2D eigenvalue weighted by atomic mass is 32.1. The zero-order valence-corrected chi connectivity index (χ0v) is 12.6. The smallest absolute Gasteiger partial charge is 0.193 e. The van der Waals surface area contributed by atoms with Crippen LogP contribution in [0.15, 0.2) is 42.0 Å². The number of nitrogens with zero attached hydrogens (tertiary/aromatic N) is 3. The van der Waals surface area contributed by atoms with Gasteiger partial charge in [0.2, 0.25) is 0 Å². The Hall–Kier alpha value is -1.92. The number of benzene rings is 1. The van der Waals surface area contributed by atoms with Gasteiger partial charge in [0, 0.05) is 36.1 Å². The lowest BCUT2D eigenvalue weighted by Gasteiger charge is -2.18. The lowest BCUT2D eigenvalue weighted by molar-refractivity contribution is 0.896. The fourth-order valence-electron chi connectivity index (χ4n) is 2.08. The van der Waals surface area contributed by atoms with Gasteiger partial charge in [-0.05, 0) is 12.1 Å². The molecule has 0 bridgehead atoms. The van der Waals surface area contributed by atoms with Crippen LogP contribution in [0.2, 0.25) is 0 Å². The first kappa shape index (κ1) is 13.1. The number of anilines is 1. The van der Waals surface area contributed by atoms with Crippen LogP contribution in [0.4, 0.5) is 5.69 Å². The van der Waals surface area contributed by atoms with Crippen LogP contribution in [0, 0.1) is 0 Å². The first-order valence-corrected chi connectivity index (χ1v) is 7.44. The molecule has 20 heavy (non-hydrogen) atoms. The van der Waals surface area contributed by atoms with E-state index in [0.29, 0.717) is 4.99 Å². The fraction of sp³-hybridized carbons (Fsp3) is 0.143. The Bertz CT molecular complexity index is 731. The lowest BCUT2D eigenvalue weighted by Crippen LogP contribution is -2.17. The highest BCUT2D eigenvalue weighted by Gasteiger charge is 2.08. The Balaban J connectivity index is 1.81. The quantitative estimate of drug-likeness (QED) is 0.753. The number of imidazole rings is 1. The van der Waals surface area contributed by atoms with Crippen molar-refractivity contribution in [2.75, 3.05) is 11.9 Å². The molecule has 102 valence electrons. The van der Waals surface area contributed by atoms with Gasteiger partial charge in [0.15, 0.2) is 4.96 Å². The lowest BCUT2D eigenvalue weighted by atomic mass is 10.2. The van der Waals surface area contributed by atoms with Crippen molar-refractivity contribution in [2.24, 2.45) is 5.73 Å². The van der Waals surface area contributed by atoms with Gasteiger partial charge in [-0.1, -0.05) is 24.4 Å². The minimum atomic E-state index is 0.419. The third kappa shape index (κ3) is 2.52. The Morgan fingerprint density at radius 3 is 3.10 bits per heavy atom. The van der Waals surface area contributed by atoms with E-state index in [4.69, 9.17) is 18.0 Å². The van der Waals surface area contributed by atoms with Gasteiger partial charge in [0.1, 0.15) is 4.99 Å². The molecule has 3 aromatic rings. The van der Waals surface area contributed by atoms with Gasteiger partial charge in [-0.3, -0.25) is 4.40 Å². The SMILES string of the molecule is CN(Cc1cn2ccsc2n1)c1cccc(C(N)=S)c1. The van der Waals surface area contributed by atoms with E-state index in [-0.39, 0.29) is 0 Å². The Kier molecular flexibility index (Phi) is 3.42. The molecule has 2 heterocycles. The number of fused-ring (bicyclic) bond motifs is 1. The summed E-state index contributed by atoms with van der Waals surface area (Å²) < 4.78 is 2.04. The second kappa shape index (κ2) is 5.22. The predicted octanol–water partition coefficient (Wildman–Crippen LogP) is 2.67. The molecule has 6 heteroatoms. The molecule has 0 spiro atoms. The van der Waals surface area contributed by atoms with Crippen LogP contribution in [0.1, 0.15) is 11.3 Å². The van der Waals surface area contributed by atoms with Crippen molar-refractivity contribution in [1.82, 2.24) is 9.38 Å². The van der Waals surface area contributed by atoms with Gasteiger partial charge in [-0.2, -0.15) is 0 Å². The molecule has 0 saturated carbocycles. The largest absolute Gasteiger partial charge is 0.389 e. The molecule has 0 aliphatic rings. The van der Waals surface area contributed by atoms with Crippen LogP contribution < -0.4 is 10.6 Å².